The number of nitrogens with one attached hydrogen (secondary N) is 1. The second kappa shape index (κ2) is 10.3. The summed E-state index contributed by atoms with van der Waals surface area (Å²) in [5.74, 6) is 1.11. The van der Waals surface area contributed by atoms with Crippen LogP contribution >= 0.6 is 0 Å². The fourth-order valence-corrected chi connectivity index (χ4v) is 6.27. The van der Waals surface area contributed by atoms with Gasteiger partial charge in [-0.1, -0.05) is 30.3 Å². The molecule has 0 bridgehead atoms. The van der Waals surface area contributed by atoms with Crippen LogP contribution in [0.15, 0.2) is 42.5 Å². The molecule has 3 aliphatic heterocycles. The number of methoxy groups -OCH3 is 2. The summed E-state index contributed by atoms with van der Waals surface area (Å²) in [7, 11) is 3.21. The summed E-state index contributed by atoms with van der Waals surface area (Å²) in [6.07, 6.45) is 1.31. The molecule has 2 saturated heterocycles. The van der Waals surface area contributed by atoms with Crippen LogP contribution in [-0.2, 0) is 20.7 Å². The van der Waals surface area contributed by atoms with E-state index < -0.39 is 12.1 Å². The van der Waals surface area contributed by atoms with Crippen molar-refractivity contribution in [3.63, 3.8) is 0 Å². The van der Waals surface area contributed by atoms with Gasteiger partial charge in [-0.2, -0.15) is 0 Å². The number of hydrogen-bond donors (Lipinski definition) is 1. The number of piperazine rings is 1. The van der Waals surface area contributed by atoms with Crippen LogP contribution in [0.25, 0.3) is 10.9 Å². The highest BCUT2D eigenvalue weighted by molar-refractivity contribution is 5.97. The van der Waals surface area contributed by atoms with E-state index in [1.807, 2.05) is 36.4 Å². The second-order valence-corrected chi connectivity index (χ2v) is 10.1. The molecule has 1 N–H and O–H groups in total. The van der Waals surface area contributed by atoms with E-state index in [4.69, 9.17) is 14.2 Å². The quantitative estimate of drug-likeness (QED) is 0.518. The highest BCUT2D eigenvalue weighted by atomic mass is 16.5. The van der Waals surface area contributed by atoms with Gasteiger partial charge in [0.2, 0.25) is 11.8 Å². The Morgan fingerprint density at radius 2 is 1.82 bits per heavy atom. The Labute approximate surface area is 222 Å². The van der Waals surface area contributed by atoms with Crippen LogP contribution in [0.4, 0.5) is 0 Å². The Hall–Kier alpha value is -3.56. The predicted octanol–water partition coefficient (Wildman–Crippen LogP) is 2.59. The molecule has 2 amide bonds. The lowest BCUT2D eigenvalue weighted by Crippen LogP contribution is -2.63. The molecule has 4 heterocycles. The van der Waals surface area contributed by atoms with E-state index in [0.717, 1.165) is 67.0 Å². The van der Waals surface area contributed by atoms with Gasteiger partial charge in [-0.3, -0.25) is 14.5 Å². The Balaban J connectivity index is 1.36. The molecule has 6 rings (SSSR count). The molecule has 2 aromatic carbocycles. The highest BCUT2D eigenvalue weighted by Gasteiger charge is 2.49. The maximum atomic E-state index is 13.9. The molecule has 2 fully saturated rings. The summed E-state index contributed by atoms with van der Waals surface area (Å²) in [5.41, 5.74) is 3.79. The maximum Gasteiger partial charge on any atom is 0.246 e. The van der Waals surface area contributed by atoms with E-state index in [0.29, 0.717) is 24.5 Å². The minimum Gasteiger partial charge on any atom is -0.493 e. The van der Waals surface area contributed by atoms with Gasteiger partial charge in [0.15, 0.2) is 11.5 Å². The third kappa shape index (κ3) is 4.19. The average molecular weight is 519 g/mol. The largest absolute Gasteiger partial charge is 0.493 e. The third-order valence-electron chi connectivity index (χ3n) is 8.08. The Kier molecular flexibility index (Phi) is 6.71. The van der Waals surface area contributed by atoms with Crippen molar-refractivity contribution in [3.05, 3.63) is 59.3 Å². The standard InChI is InChI=1S/C29H34N4O5/c1-36-24-10-5-8-20(28(24)37-2)27-26-21(19-7-3-4-9-22(19)30-26)17-23-29(35)32(18-25(34)33(23)27)12-6-11-31-13-15-38-16-14-31/h3-5,7-10,23,27,30H,6,11-18H2,1-2H3/t23-,27+/m0/s1. The molecule has 200 valence electrons. The molecule has 0 saturated carbocycles. The molecular weight excluding hydrogens is 484 g/mol. The summed E-state index contributed by atoms with van der Waals surface area (Å²) in [5, 5.41) is 1.08. The number of rotatable bonds is 7. The zero-order valence-corrected chi connectivity index (χ0v) is 21.9. The fourth-order valence-electron chi connectivity index (χ4n) is 6.27. The average Bonchev–Trinajstić information content (AvgIpc) is 3.33. The van der Waals surface area contributed by atoms with Gasteiger partial charge in [-0.15, -0.1) is 0 Å². The van der Waals surface area contributed by atoms with Crippen molar-refractivity contribution in [1.82, 2.24) is 19.7 Å². The molecule has 38 heavy (non-hydrogen) atoms. The van der Waals surface area contributed by atoms with Crippen molar-refractivity contribution >= 4 is 22.7 Å². The van der Waals surface area contributed by atoms with Crippen LogP contribution in [0.5, 0.6) is 11.5 Å². The van der Waals surface area contributed by atoms with Crippen molar-refractivity contribution in [3.8, 4) is 11.5 Å². The molecule has 0 radical (unpaired) electrons. The topological polar surface area (TPSA) is 87.3 Å². The van der Waals surface area contributed by atoms with Crippen LogP contribution in [0, 0.1) is 0 Å². The van der Waals surface area contributed by atoms with Crippen LogP contribution < -0.4 is 9.47 Å². The number of para-hydroxylation sites is 2. The number of carbonyl (C=O) groups excluding carboxylic acids is 2. The van der Waals surface area contributed by atoms with Crippen LogP contribution in [-0.4, -0.2) is 97.7 Å². The van der Waals surface area contributed by atoms with E-state index in [2.05, 4.69) is 16.0 Å². The summed E-state index contributed by atoms with van der Waals surface area (Å²) in [4.78, 5) is 37.2. The van der Waals surface area contributed by atoms with Crippen molar-refractivity contribution < 1.29 is 23.8 Å². The van der Waals surface area contributed by atoms with Gasteiger partial charge in [0.25, 0.3) is 0 Å². The zero-order chi connectivity index (χ0) is 26.2. The SMILES string of the molecule is COc1cccc([C@@H]2c3[nH]c4ccccc4c3C[C@H]3C(=O)N(CCCN4CCOCC4)CC(=O)N23)c1OC. The lowest BCUT2D eigenvalue weighted by Gasteiger charge is -2.47. The molecule has 0 aliphatic carbocycles. The number of fused-ring (bicyclic) bond motifs is 4. The van der Waals surface area contributed by atoms with E-state index in [-0.39, 0.29) is 18.4 Å². The molecule has 1 aromatic heterocycles. The van der Waals surface area contributed by atoms with Gasteiger partial charge in [0.05, 0.1) is 34.0 Å². The monoisotopic (exact) mass is 518 g/mol. The van der Waals surface area contributed by atoms with Gasteiger partial charge < -0.3 is 29.0 Å². The van der Waals surface area contributed by atoms with Crippen LogP contribution in [0.3, 0.4) is 0 Å². The van der Waals surface area contributed by atoms with Gasteiger partial charge >= 0.3 is 0 Å². The number of benzene rings is 2. The van der Waals surface area contributed by atoms with Crippen LogP contribution in [0.2, 0.25) is 0 Å². The predicted molar refractivity (Wildman–Crippen MR) is 142 cm³/mol. The lowest BCUT2D eigenvalue weighted by atomic mass is 9.85. The number of morpholine rings is 1. The van der Waals surface area contributed by atoms with E-state index in [1.165, 1.54) is 0 Å². The third-order valence-corrected chi connectivity index (χ3v) is 8.08. The number of H-pyrrole nitrogens is 1. The number of carbonyl (C=O) groups is 2. The van der Waals surface area contributed by atoms with Crippen LogP contribution in [0.1, 0.15) is 29.3 Å². The number of ether oxygens (including phenoxy) is 3. The van der Waals surface area contributed by atoms with E-state index >= 15 is 0 Å². The van der Waals surface area contributed by atoms with Gasteiger partial charge in [0.1, 0.15) is 12.1 Å². The number of nitrogens with zero attached hydrogens (tertiary/aromatic N) is 3. The minimum atomic E-state index is -0.577. The normalized spacial score (nSPS) is 21.9. The lowest BCUT2D eigenvalue weighted by molar-refractivity contribution is -0.158. The summed E-state index contributed by atoms with van der Waals surface area (Å²) in [6.45, 7) is 4.87. The van der Waals surface area contributed by atoms with Gasteiger partial charge in [-0.05, 0) is 24.1 Å². The summed E-state index contributed by atoms with van der Waals surface area (Å²) < 4.78 is 16.8. The van der Waals surface area contributed by atoms with Gasteiger partial charge in [-0.25, -0.2) is 0 Å². The summed E-state index contributed by atoms with van der Waals surface area (Å²) >= 11 is 0. The van der Waals surface area contributed by atoms with E-state index in [9.17, 15) is 9.59 Å². The molecule has 3 aromatic rings. The van der Waals surface area contributed by atoms with Crippen molar-refractivity contribution in [2.45, 2.75) is 24.9 Å². The van der Waals surface area contributed by atoms with Crippen molar-refractivity contribution in [1.29, 1.82) is 0 Å². The minimum absolute atomic E-state index is 0.00868. The molecule has 2 atom stereocenters. The molecule has 9 nitrogen and oxygen atoms in total. The Bertz CT molecular complexity index is 1350. The summed E-state index contributed by atoms with van der Waals surface area (Å²) in [6, 6.07) is 12.7. The highest BCUT2D eigenvalue weighted by Crippen LogP contribution is 2.46. The molecule has 9 heteroatoms. The second-order valence-electron chi connectivity index (χ2n) is 10.1. The smallest absolute Gasteiger partial charge is 0.246 e. The molecule has 3 aliphatic rings. The first-order chi connectivity index (χ1) is 18.6. The zero-order valence-electron chi connectivity index (χ0n) is 21.9. The van der Waals surface area contributed by atoms with Gasteiger partial charge in [0, 0.05) is 54.8 Å². The maximum absolute atomic E-state index is 13.9. The number of amides is 2. The first-order valence-electron chi connectivity index (χ1n) is 13.3. The first-order valence-corrected chi connectivity index (χ1v) is 13.3. The fraction of sp³-hybridized carbons (Fsp3) is 0.448. The first kappa shape index (κ1) is 24.8. The Morgan fingerprint density at radius 3 is 2.61 bits per heavy atom. The van der Waals surface area contributed by atoms with Crippen molar-refractivity contribution in [2.75, 3.05) is 60.2 Å². The number of aromatic nitrogens is 1. The molecular formula is C29H34N4O5. The number of hydrogen-bond acceptors (Lipinski definition) is 6. The van der Waals surface area contributed by atoms with Crippen molar-refractivity contribution in [2.24, 2.45) is 0 Å². The molecule has 0 unspecified atom stereocenters. The van der Waals surface area contributed by atoms with E-state index in [1.54, 1.807) is 24.0 Å². The molecule has 0 spiro atoms. The Morgan fingerprint density at radius 1 is 1.00 bits per heavy atom. The number of aromatic amines is 1.